The number of nitrogens with two attached hydrogens (primary N) is 1. The monoisotopic (exact) mass is 228 g/mol. The number of primary amides is 1. The van der Waals surface area contributed by atoms with E-state index in [0.717, 1.165) is 11.3 Å². The Labute approximate surface area is 98.3 Å². The van der Waals surface area contributed by atoms with Gasteiger partial charge in [-0.2, -0.15) is 0 Å². The van der Waals surface area contributed by atoms with Crippen LogP contribution in [0.25, 0.3) is 5.69 Å². The van der Waals surface area contributed by atoms with E-state index in [1.807, 2.05) is 25.1 Å². The fourth-order valence-electron chi connectivity index (χ4n) is 1.66. The van der Waals surface area contributed by atoms with Gasteiger partial charge in [-0.25, -0.2) is 0 Å². The van der Waals surface area contributed by atoms with E-state index in [2.05, 4.69) is 0 Å². The summed E-state index contributed by atoms with van der Waals surface area (Å²) in [5.41, 5.74) is 6.50. The smallest absolute Gasteiger partial charge is 0.267 e. The van der Waals surface area contributed by atoms with Gasteiger partial charge in [-0.1, -0.05) is 12.1 Å². The lowest BCUT2D eigenvalue weighted by atomic mass is 10.2. The van der Waals surface area contributed by atoms with Gasteiger partial charge in [0.2, 0.25) is 0 Å². The summed E-state index contributed by atoms with van der Waals surface area (Å²) in [4.78, 5) is 23.1. The number of aromatic nitrogens is 1. The molecule has 0 fully saturated rings. The van der Waals surface area contributed by atoms with Crippen LogP contribution in [0.2, 0.25) is 0 Å². The van der Waals surface area contributed by atoms with E-state index in [1.165, 1.54) is 10.6 Å². The summed E-state index contributed by atoms with van der Waals surface area (Å²) in [6.07, 6.45) is 1.61. The van der Waals surface area contributed by atoms with Crippen LogP contribution in [0, 0.1) is 6.92 Å². The number of pyridine rings is 1. The number of aryl methyl sites for hydroxylation is 1. The highest BCUT2D eigenvalue weighted by Crippen LogP contribution is 2.08. The molecule has 17 heavy (non-hydrogen) atoms. The average Bonchev–Trinajstić information content (AvgIpc) is 2.29. The topological polar surface area (TPSA) is 65.1 Å². The molecule has 4 heteroatoms. The van der Waals surface area contributed by atoms with Gasteiger partial charge in [0.1, 0.15) is 5.56 Å². The predicted molar refractivity (Wildman–Crippen MR) is 65.3 cm³/mol. The van der Waals surface area contributed by atoms with Crippen LogP contribution in [0.1, 0.15) is 15.9 Å². The van der Waals surface area contributed by atoms with Crippen LogP contribution in [-0.2, 0) is 0 Å². The molecule has 0 aliphatic heterocycles. The lowest BCUT2D eigenvalue weighted by Crippen LogP contribution is -2.28. The Hall–Kier alpha value is -2.36. The van der Waals surface area contributed by atoms with Crippen molar-refractivity contribution in [1.29, 1.82) is 0 Å². The van der Waals surface area contributed by atoms with E-state index in [9.17, 15) is 9.59 Å². The number of benzene rings is 1. The number of carbonyl (C=O) groups is 1. The van der Waals surface area contributed by atoms with Gasteiger partial charge in [-0.15, -0.1) is 0 Å². The molecular weight excluding hydrogens is 216 g/mol. The Kier molecular flexibility index (Phi) is 2.78. The summed E-state index contributed by atoms with van der Waals surface area (Å²) in [5, 5.41) is 0. The Bertz CT molecular complexity index is 629. The highest BCUT2D eigenvalue weighted by molar-refractivity contribution is 5.92. The molecule has 0 aliphatic rings. The van der Waals surface area contributed by atoms with Crippen LogP contribution < -0.4 is 11.3 Å². The largest absolute Gasteiger partial charge is 0.365 e. The molecule has 86 valence electrons. The van der Waals surface area contributed by atoms with Gasteiger partial charge < -0.3 is 5.73 Å². The maximum atomic E-state index is 12.0. The van der Waals surface area contributed by atoms with Crippen molar-refractivity contribution in [3.8, 4) is 5.69 Å². The zero-order valence-electron chi connectivity index (χ0n) is 9.38. The molecule has 0 saturated heterocycles. The molecule has 1 heterocycles. The van der Waals surface area contributed by atoms with Crippen molar-refractivity contribution in [2.45, 2.75) is 6.92 Å². The second-order valence-electron chi connectivity index (χ2n) is 3.80. The number of nitrogens with zero attached hydrogens (tertiary/aromatic N) is 1. The van der Waals surface area contributed by atoms with E-state index in [1.54, 1.807) is 18.3 Å². The van der Waals surface area contributed by atoms with Gasteiger partial charge >= 0.3 is 0 Å². The number of amides is 1. The molecule has 0 saturated carbocycles. The molecule has 0 unspecified atom stereocenters. The Morgan fingerprint density at radius 2 is 2.00 bits per heavy atom. The number of rotatable bonds is 2. The van der Waals surface area contributed by atoms with Crippen molar-refractivity contribution in [2.75, 3.05) is 0 Å². The van der Waals surface area contributed by atoms with E-state index in [0.29, 0.717) is 0 Å². The van der Waals surface area contributed by atoms with Crippen LogP contribution >= 0.6 is 0 Å². The third kappa shape index (κ3) is 2.10. The molecule has 0 aliphatic carbocycles. The molecule has 1 amide bonds. The molecule has 2 aromatic rings. The molecule has 2 N–H and O–H groups in total. The van der Waals surface area contributed by atoms with Crippen molar-refractivity contribution in [2.24, 2.45) is 5.73 Å². The molecule has 1 aromatic heterocycles. The highest BCUT2D eigenvalue weighted by atomic mass is 16.2. The van der Waals surface area contributed by atoms with Crippen LogP contribution in [0.5, 0.6) is 0 Å². The van der Waals surface area contributed by atoms with Crippen molar-refractivity contribution in [3.63, 3.8) is 0 Å². The first-order valence-electron chi connectivity index (χ1n) is 5.18. The minimum absolute atomic E-state index is 0.00555. The standard InChI is InChI=1S/C13H12N2O2/c1-9-4-2-5-10(8-9)15-7-3-6-11(12(14)16)13(15)17/h2-8H,1H3,(H2,14,16). The maximum absolute atomic E-state index is 12.0. The van der Waals surface area contributed by atoms with Gasteiger partial charge in [0, 0.05) is 11.9 Å². The zero-order chi connectivity index (χ0) is 12.4. The van der Waals surface area contributed by atoms with Crippen molar-refractivity contribution in [3.05, 3.63) is 64.1 Å². The summed E-state index contributed by atoms with van der Waals surface area (Å²) in [5.74, 6) is -0.711. The van der Waals surface area contributed by atoms with Crippen LogP contribution in [0.3, 0.4) is 0 Å². The summed E-state index contributed by atoms with van der Waals surface area (Å²) in [6.45, 7) is 1.94. The molecule has 2 rings (SSSR count). The van der Waals surface area contributed by atoms with Gasteiger partial charge in [-0.3, -0.25) is 14.2 Å². The van der Waals surface area contributed by atoms with E-state index >= 15 is 0 Å². The Balaban J connectivity index is 2.65. The first kappa shape index (κ1) is 11.1. The molecule has 0 atom stereocenters. The second-order valence-corrected chi connectivity index (χ2v) is 3.80. The minimum Gasteiger partial charge on any atom is -0.365 e. The second kappa shape index (κ2) is 4.25. The fourth-order valence-corrected chi connectivity index (χ4v) is 1.66. The molecule has 1 aromatic carbocycles. The van der Waals surface area contributed by atoms with Gasteiger partial charge in [0.15, 0.2) is 0 Å². The predicted octanol–water partition coefficient (Wildman–Crippen LogP) is 1.24. The number of carbonyl (C=O) groups excluding carboxylic acids is 1. The maximum Gasteiger partial charge on any atom is 0.267 e. The summed E-state index contributed by atoms with van der Waals surface area (Å²) in [6, 6.07) is 10.5. The van der Waals surface area contributed by atoms with Crippen molar-refractivity contribution < 1.29 is 4.79 Å². The van der Waals surface area contributed by atoms with Crippen LogP contribution in [-0.4, -0.2) is 10.5 Å². The zero-order valence-corrected chi connectivity index (χ0v) is 9.38. The lowest BCUT2D eigenvalue weighted by molar-refractivity contribution is 0.0998. The highest BCUT2D eigenvalue weighted by Gasteiger charge is 2.09. The normalized spacial score (nSPS) is 10.2. The minimum atomic E-state index is -0.711. The third-order valence-electron chi connectivity index (χ3n) is 2.49. The quantitative estimate of drug-likeness (QED) is 0.840. The molecule has 0 spiro atoms. The summed E-state index contributed by atoms with van der Waals surface area (Å²) >= 11 is 0. The summed E-state index contributed by atoms with van der Waals surface area (Å²) < 4.78 is 1.41. The van der Waals surface area contributed by atoms with Crippen molar-refractivity contribution >= 4 is 5.91 Å². The van der Waals surface area contributed by atoms with E-state index < -0.39 is 11.5 Å². The van der Waals surface area contributed by atoms with Gasteiger partial charge in [0.05, 0.1) is 0 Å². The Morgan fingerprint density at radius 3 is 2.65 bits per heavy atom. The van der Waals surface area contributed by atoms with Crippen LogP contribution in [0.15, 0.2) is 47.4 Å². The number of hydrogen-bond acceptors (Lipinski definition) is 2. The van der Waals surface area contributed by atoms with E-state index in [4.69, 9.17) is 5.73 Å². The first-order chi connectivity index (χ1) is 8.09. The molecular formula is C13H12N2O2. The third-order valence-corrected chi connectivity index (χ3v) is 2.49. The van der Waals surface area contributed by atoms with Gasteiger partial charge in [-0.05, 0) is 36.8 Å². The summed E-state index contributed by atoms with van der Waals surface area (Å²) in [7, 11) is 0. The average molecular weight is 228 g/mol. The SMILES string of the molecule is Cc1cccc(-n2cccc(C(N)=O)c2=O)c1. The lowest BCUT2D eigenvalue weighted by Gasteiger charge is -2.07. The first-order valence-corrected chi connectivity index (χ1v) is 5.18. The van der Waals surface area contributed by atoms with Gasteiger partial charge in [0.25, 0.3) is 11.5 Å². The number of hydrogen-bond donors (Lipinski definition) is 1. The van der Waals surface area contributed by atoms with Crippen molar-refractivity contribution in [1.82, 2.24) is 4.57 Å². The van der Waals surface area contributed by atoms with Crippen LogP contribution in [0.4, 0.5) is 0 Å². The molecule has 0 radical (unpaired) electrons. The molecule has 4 nitrogen and oxygen atoms in total. The van der Waals surface area contributed by atoms with E-state index in [-0.39, 0.29) is 5.56 Å². The Morgan fingerprint density at radius 1 is 1.24 bits per heavy atom. The fraction of sp³-hybridized carbons (Fsp3) is 0.0769. The molecule has 0 bridgehead atoms.